The second-order valence-corrected chi connectivity index (χ2v) is 9.80. The summed E-state index contributed by atoms with van der Waals surface area (Å²) >= 11 is 0. The Kier molecular flexibility index (Phi) is 23.9. The van der Waals surface area contributed by atoms with Crippen molar-refractivity contribution in [2.75, 3.05) is 65.9 Å². The molecular formula is C32H48Li2N2O4. The van der Waals surface area contributed by atoms with Crippen molar-refractivity contribution in [1.29, 1.82) is 0 Å². The summed E-state index contributed by atoms with van der Waals surface area (Å²) in [6.07, 6.45) is 12.5. The van der Waals surface area contributed by atoms with E-state index in [2.05, 4.69) is 47.0 Å². The number of fused-ring (bicyclic) bond motifs is 2. The Balaban J connectivity index is 0.000000243. The average Bonchev–Trinajstić information content (AvgIpc) is 3.83. The Labute approximate surface area is 267 Å². The van der Waals surface area contributed by atoms with E-state index in [1.54, 1.807) is 0 Å². The molecule has 6 aliphatic heterocycles. The van der Waals surface area contributed by atoms with Gasteiger partial charge in [0.25, 0.3) is 0 Å². The molecule has 40 heavy (non-hydrogen) atoms. The molecule has 0 unspecified atom stereocenters. The van der Waals surface area contributed by atoms with Crippen molar-refractivity contribution in [3.8, 4) is 0 Å². The Morgan fingerprint density at radius 1 is 0.400 bits per heavy atom. The third-order valence-corrected chi connectivity index (χ3v) is 6.62. The Bertz CT molecular complexity index is 677. The van der Waals surface area contributed by atoms with Crippen LogP contribution in [0.25, 0.3) is 10.6 Å². The van der Waals surface area contributed by atoms with Crippen LogP contribution in [-0.2, 0) is 31.8 Å². The van der Waals surface area contributed by atoms with Crippen LogP contribution in [-0.4, -0.2) is 65.9 Å². The number of benzene rings is 2. The van der Waals surface area contributed by atoms with Crippen molar-refractivity contribution < 1.29 is 56.7 Å². The predicted octanol–water partition coefficient (Wildman–Crippen LogP) is 1.69. The van der Waals surface area contributed by atoms with E-state index in [1.807, 2.05) is 12.1 Å². The quantitative estimate of drug-likeness (QED) is 0.479. The van der Waals surface area contributed by atoms with Gasteiger partial charge in [-0.1, -0.05) is 59.7 Å². The molecule has 2 aromatic rings. The van der Waals surface area contributed by atoms with Crippen molar-refractivity contribution in [1.82, 2.24) is 0 Å². The monoisotopic (exact) mass is 538 g/mol. The Morgan fingerprint density at radius 2 is 0.675 bits per heavy atom. The van der Waals surface area contributed by atoms with Crippen LogP contribution in [0.3, 0.4) is 0 Å². The fourth-order valence-corrected chi connectivity index (χ4v) is 4.39. The summed E-state index contributed by atoms with van der Waals surface area (Å²) in [6, 6.07) is 16.6. The van der Waals surface area contributed by atoms with Gasteiger partial charge in [0, 0.05) is 52.9 Å². The molecule has 8 rings (SSSR count). The topological polar surface area (TPSA) is 65.1 Å². The minimum atomic E-state index is 0. The molecule has 0 aliphatic carbocycles. The smallest absolute Gasteiger partial charge is 0.684 e. The van der Waals surface area contributed by atoms with Crippen LogP contribution in [0.2, 0.25) is 0 Å². The molecule has 6 nitrogen and oxygen atoms in total. The number of rotatable bonds is 0. The fraction of sp³-hybridized carbons (Fsp3) is 0.625. The standard InChI is InChI=1S/2C8H8N.4C4H8O.2Li/c2*1-2-4-8-7(3-1)5-6-9-8;4*1-2-4-5-3-1;;/h2*1-4H,5-6H2;4*1-4H2;;/q2*-1;;;;;2*+1. The van der Waals surface area contributed by atoms with Crippen molar-refractivity contribution in [3.63, 3.8) is 0 Å². The molecule has 0 radical (unpaired) electrons. The fourth-order valence-electron chi connectivity index (χ4n) is 4.39. The van der Waals surface area contributed by atoms with Gasteiger partial charge in [-0.3, -0.25) is 0 Å². The van der Waals surface area contributed by atoms with Crippen LogP contribution in [0, 0.1) is 0 Å². The van der Waals surface area contributed by atoms with Crippen molar-refractivity contribution in [2.45, 2.75) is 64.2 Å². The van der Waals surface area contributed by atoms with E-state index in [9.17, 15) is 0 Å². The zero-order valence-electron chi connectivity index (χ0n) is 25.3. The first kappa shape index (κ1) is 37.1. The van der Waals surface area contributed by atoms with E-state index < -0.39 is 0 Å². The first-order valence-corrected chi connectivity index (χ1v) is 14.8. The van der Waals surface area contributed by atoms with E-state index in [0.717, 1.165) is 78.8 Å². The molecular weight excluding hydrogens is 490 g/mol. The summed E-state index contributed by atoms with van der Waals surface area (Å²) in [5, 5.41) is 8.60. The summed E-state index contributed by atoms with van der Waals surface area (Å²) in [6.45, 7) is 9.97. The summed E-state index contributed by atoms with van der Waals surface area (Å²) in [5.41, 5.74) is 5.19. The molecule has 6 aliphatic rings. The number of para-hydroxylation sites is 2. The van der Waals surface area contributed by atoms with Crippen molar-refractivity contribution in [3.05, 3.63) is 70.3 Å². The average molecular weight is 539 g/mol. The van der Waals surface area contributed by atoms with Gasteiger partial charge < -0.3 is 29.6 Å². The van der Waals surface area contributed by atoms with Crippen LogP contribution in [0.5, 0.6) is 0 Å². The SMILES string of the molecule is C1CCOC1.C1CCOC1.C1CCOC1.C1CCOC1.[Li+].[Li+].c1ccc2c(c1)CC[N-]2.c1ccc2c(c1)CC[N-]2. The molecule has 0 N–H and O–H groups in total. The number of ether oxygens (including phenoxy) is 4. The van der Waals surface area contributed by atoms with Crippen LogP contribution < -0.4 is 37.7 Å². The minimum Gasteiger partial charge on any atom is -0.684 e. The van der Waals surface area contributed by atoms with Crippen molar-refractivity contribution >= 4 is 11.4 Å². The second-order valence-electron chi connectivity index (χ2n) is 9.80. The van der Waals surface area contributed by atoms with Gasteiger partial charge in [0.1, 0.15) is 0 Å². The van der Waals surface area contributed by atoms with Gasteiger partial charge in [-0.2, -0.15) is 0 Å². The second kappa shape index (κ2) is 25.8. The van der Waals surface area contributed by atoms with E-state index in [1.165, 1.54) is 73.9 Å². The Hall–Kier alpha value is -0.925. The van der Waals surface area contributed by atoms with E-state index in [0.29, 0.717) is 0 Å². The third kappa shape index (κ3) is 17.1. The third-order valence-electron chi connectivity index (χ3n) is 6.62. The van der Waals surface area contributed by atoms with E-state index in [-0.39, 0.29) is 37.7 Å². The first-order chi connectivity index (χ1) is 18.9. The molecule has 0 aromatic heterocycles. The van der Waals surface area contributed by atoms with E-state index >= 15 is 0 Å². The largest absolute Gasteiger partial charge is 1.00 e. The Morgan fingerprint density at radius 3 is 0.900 bits per heavy atom. The maximum absolute atomic E-state index is 4.94. The summed E-state index contributed by atoms with van der Waals surface area (Å²) in [5.74, 6) is 0. The maximum Gasteiger partial charge on any atom is 1.00 e. The summed E-state index contributed by atoms with van der Waals surface area (Å²) < 4.78 is 19.8. The van der Waals surface area contributed by atoms with Gasteiger partial charge in [-0.05, 0) is 64.2 Å². The van der Waals surface area contributed by atoms with Crippen LogP contribution >= 0.6 is 0 Å². The molecule has 0 bridgehead atoms. The van der Waals surface area contributed by atoms with Gasteiger partial charge in [-0.25, -0.2) is 0 Å². The van der Waals surface area contributed by atoms with Crippen LogP contribution in [0.1, 0.15) is 62.5 Å². The zero-order valence-corrected chi connectivity index (χ0v) is 25.3. The molecule has 212 valence electrons. The number of hydrogen-bond donors (Lipinski definition) is 0. The molecule has 4 fully saturated rings. The van der Waals surface area contributed by atoms with Gasteiger partial charge in [0.2, 0.25) is 0 Å². The molecule has 0 amide bonds. The molecule has 4 saturated heterocycles. The predicted molar refractivity (Wildman–Crippen MR) is 156 cm³/mol. The van der Waals surface area contributed by atoms with Gasteiger partial charge in [-0.15, -0.1) is 24.5 Å². The van der Waals surface area contributed by atoms with Crippen LogP contribution in [0.15, 0.2) is 48.5 Å². The normalized spacial score (nSPS) is 18.6. The molecule has 0 saturated carbocycles. The number of nitrogens with zero attached hydrogens (tertiary/aromatic N) is 2. The maximum atomic E-state index is 4.94. The van der Waals surface area contributed by atoms with Crippen molar-refractivity contribution in [2.24, 2.45) is 0 Å². The molecule has 6 heterocycles. The summed E-state index contributed by atoms with van der Waals surface area (Å²) in [7, 11) is 0. The minimum absolute atomic E-state index is 0. The molecule has 0 spiro atoms. The number of hydrogen-bond acceptors (Lipinski definition) is 4. The van der Waals surface area contributed by atoms with Gasteiger partial charge >= 0.3 is 37.7 Å². The summed E-state index contributed by atoms with van der Waals surface area (Å²) in [4.78, 5) is 0. The van der Waals surface area contributed by atoms with E-state index in [4.69, 9.17) is 18.9 Å². The molecule has 0 atom stereocenters. The molecule has 8 heteroatoms. The van der Waals surface area contributed by atoms with Crippen LogP contribution in [0.4, 0.5) is 11.4 Å². The molecule has 2 aromatic carbocycles. The first-order valence-electron chi connectivity index (χ1n) is 14.8. The van der Waals surface area contributed by atoms with Gasteiger partial charge in [0.05, 0.1) is 0 Å². The van der Waals surface area contributed by atoms with Gasteiger partial charge in [0.15, 0.2) is 0 Å². The zero-order chi connectivity index (χ0) is 26.4.